The largest absolute Gasteiger partial charge is 0.481 e. The van der Waals surface area contributed by atoms with Crippen molar-refractivity contribution < 1.29 is 9.47 Å². The summed E-state index contributed by atoms with van der Waals surface area (Å²) in [6.07, 6.45) is 7.89. The van der Waals surface area contributed by atoms with Crippen LogP contribution in [0.2, 0.25) is 0 Å². The van der Waals surface area contributed by atoms with E-state index in [0.717, 1.165) is 47.3 Å². The zero-order valence-electron chi connectivity index (χ0n) is 18.8. The second-order valence-electron chi connectivity index (χ2n) is 9.49. The summed E-state index contributed by atoms with van der Waals surface area (Å²) in [5.74, 6) is 2.03. The van der Waals surface area contributed by atoms with Gasteiger partial charge in [-0.15, -0.1) is 0 Å². The van der Waals surface area contributed by atoms with E-state index in [1.165, 1.54) is 49.1 Å². The molecule has 0 bridgehead atoms. The molecule has 0 unspecified atom stereocenters. The molecule has 3 aromatic rings. The van der Waals surface area contributed by atoms with Crippen molar-refractivity contribution in [2.24, 2.45) is 11.8 Å². The highest BCUT2D eigenvalue weighted by atomic mass is 16.5. The van der Waals surface area contributed by atoms with Crippen LogP contribution in [0.25, 0.3) is 27.7 Å². The lowest BCUT2D eigenvalue weighted by molar-refractivity contribution is 0.0406. The number of aromatic nitrogens is 3. The molecule has 0 spiro atoms. The van der Waals surface area contributed by atoms with Crippen LogP contribution in [0.3, 0.4) is 0 Å². The molecule has 0 radical (unpaired) electrons. The molecule has 0 amide bonds. The Morgan fingerprint density at radius 1 is 1.16 bits per heavy atom. The number of H-pyrrole nitrogens is 1. The predicted octanol–water partition coefficient (Wildman–Crippen LogP) is 4.46. The number of likely N-dealkylation sites (tertiary alicyclic amines) is 1. The third-order valence-corrected chi connectivity index (χ3v) is 7.60. The topological polar surface area (TPSA) is 63.3 Å². The summed E-state index contributed by atoms with van der Waals surface area (Å²) in [6.45, 7) is 6.49. The smallest absolute Gasteiger partial charge is 0.213 e. The van der Waals surface area contributed by atoms with E-state index in [4.69, 9.17) is 9.47 Å². The first-order valence-corrected chi connectivity index (χ1v) is 11.7. The molecule has 6 rings (SSSR count). The molecule has 2 atom stereocenters. The van der Waals surface area contributed by atoms with Crippen LogP contribution >= 0.6 is 0 Å². The Bertz CT molecular complexity index is 1180. The highest BCUT2D eigenvalue weighted by Crippen LogP contribution is 2.44. The summed E-state index contributed by atoms with van der Waals surface area (Å²) in [7, 11) is 1.64. The van der Waals surface area contributed by atoms with E-state index in [-0.39, 0.29) is 0 Å². The van der Waals surface area contributed by atoms with Gasteiger partial charge in [-0.05, 0) is 72.9 Å². The van der Waals surface area contributed by atoms with Crippen LogP contribution in [0.15, 0.2) is 36.5 Å². The first-order chi connectivity index (χ1) is 15.7. The van der Waals surface area contributed by atoms with Gasteiger partial charge in [-0.25, -0.2) is 4.98 Å². The average molecular weight is 431 g/mol. The minimum Gasteiger partial charge on any atom is -0.481 e. The van der Waals surface area contributed by atoms with E-state index in [9.17, 15) is 0 Å². The number of rotatable bonds is 4. The molecule has 1 aliphatic carbocycles. The van der Waals surface area contributed by atoms with E-state index < -0.39 is 0 Å². The number of hydrogen-bond donors (Lipinski definition) is 1. The number of aromatic amines is 1. The van der Waals surface area contributed by atoms with Crippen molar-refractivity contribution in [3.8, 4) is 17.1 Å². The lowest BCUT2D eigenvalue weighted by Crippen LogP contribution is -2.38. The van der Waals surface area contributed by atoms with E-state index in [1.54, 1.807) is 13.3 Å². The normalized spacial score (nSPS) is 24.1. The molecule has 6 nitrogen and oxygen atoms in total. The summed E-state index contributed by atoms with van der Waals surface area (Å²) in [4.78, 5) is 6.96. The van der Waals surface area contributed by atoms with Gasteiger partial charge in [0.1, 0.15) is 5.69 Å². The number of nitrogens with zero attached hydrogens (tertiary/aromatic N) is 3. The standard InChI is InChI=1S/C26H30N4O2/c1-16-9-24-23(26(29-28-24)17-3-6-27-25(12-17)31-2)13-22(16)18-10-19-14-30(15-20(19)11-18)21-4-7-32-8-5-21/h3,6,9-10,12-13,19-21H,4-5,7-8,11,14-15H2,1-2H3,(H,28,29)/t19-,20+/m1/s1. The van der Waals surface area contributed by atoms with Gasteiger partial charge in [-0.3, -0.25) is 10.00 Å². The second-order valence-corrected chi connectivity index (χ2v) is 9.49. The SMILES string of the molecule is COc1cc(-c2n[nH]c3cc(C)c(C4=C[C@@H]5CN(C6CCOCC6)C[C@@H]5C4)cc23)ccn1. The maximum Gasteiger partial charge on any atom is 0.213 e. The van der Waals surface area contributed by atoms with Crippen LogP contribution < -0.4 is 4.74 Å². The molecule has 2 saturated heterocycles. The van der Waals surface area contributed by atoms with Crippen molar-refractivity contribution in [2.75, 3.05) is 33.4 Å². The lowest BCUT2D eigenvalue weighted by Gasteiger charge is -2.31. The lowest BCUT2D eigenvalue weighted by atomic mass is 9.94. The van der Waals surface area contributed by atoms with Gasteiger partial charge in [-0.2, -0.15) is 5.10 Å². The molecule has 166 valence electrons. The second kappa shape index (κ2) is 8.01. The van der Waals surface area contributed by atoms with E-state index >= 15 is 0 Å². The minimum absolute atomic E-state index is 0.603. The highest BCUT2D eigenvalue weighted by molar-refractivity contribution is 5.96. The number of methoxy groups -OCH3 is 1. The van der Waals surface area contributed by atoms with Gasteiger partial charge >= 0.3 is 0 Å². The number of ether oxygens (including phenoxy) is 2. The number of aryl methyl sites for hydroxylation is 1. The van der Waals surface area contributed by atoms with Crippen LogP contribution in [0.1, 0.15) is 30.4 Å². The molecule has 2 fully saturated rings. The fourth-order valence-electron chi connectivity index (χ4n) is 5.90. The Balaban J connectivity index is 1.30. The van der Waals surface area contributed by atoms with Gasteiger partial charge in [0, 0.05) is 55.6 Å². The Kier molecular flexibility index (Phi) is 5.00. The molecule has 2 aromatic heterocycles. The van der Waals surface area contributed by atoms with Crippen molar-refractivity contribution in [1.29, 1.82) is 0 Å². The third-order valence-electron chi connectivity index (χ3n) is 7.60. The summed E-state index contributed by atoms with van der Waals surface area (Å²) in [5, 5.41) is 8.99. The molecule has 4 heterocycles. The first kappa shape index (κ1) is 19.9. The van der Waals surface area contributed by atoms with Crippen molar-refractivity contribution in [3.63, 3.8) is 0 Å². The van der Waals surface area contributed by atoms with Gasteiger partial charge in [0.2, 0.25) is 5.88 Å². The monoisotopic (exact) mass is 430 g/mol. The molecule has 3 aliphatic rings. The average Bonchev–Trinajstić information content (AvgIpc) is 3.52. The Labute approximate surface area is 188 Å². The summed E-state index contributed by atoms with van der Waals surface area (Å²) < 4.78 is 10.9. The number of hydrogen-bond acceptors (Lipinski definition) is 5. The van der Waals surface area contributed by atoms with Crippen LogP contribution in [0, 0.1) is 18.8 Å². The van der Waals surface area contributed by atoms with Crippen LogP contribution in [-0.2, 0) is 4.74 Å². The van der Waals surface area contributed by atoms with Crippen molar-refractivity contribution >= 4 is 16.5 Å². The van der Waals surface area contributed by atoms with Gasteiger partial charge in [-0.1, -0.05) is 6.08 Å². The Morgan fingerprint density at radius 2 is 2.03 bits per heavy atom. The number of pyridine rings is 1. The fourth-order valence-corrected chi connectivity index (χ4v) is 5.90. The molecular formula is C26H30N4O2. The Morgan fingerprint density at radius 3 is 2.84 bits per heavy atom. The van der Waals surface area contributed by atoms with Gasteiger partial charge in [0.25, 0.3) is 0 Å². The zero-order chi connectivity index (χ0) is 21.7. The number of benzene rings is 1. The van der Waals surface area contributed by atoms with Gasteiger partial charge in [0.05, 0.1) is 12.6 Å². The number of allylic oxidation sites excluding steroid dienone is 1. The predicted molar refractivity (Wildman–Crippen MR) is 126 cm³/mol. The van der Waals surface area contributed by atoms with Crippen LogP contribution in [0.4, 0.5) is 0 Å². The molecule has 1 aromatic carbocycles. The summed E-state index contributed by atoms with van der Waals surface area (Å²) in [6, 6.07) is 9.22. The van der Waals surface area contributed by atoms with E-state index in [2.05, 4.69) is 45.2 Å². The molecular weight excluding hydrogens is 400 g/mol. The Hall–Kier alpha value is -2.70. The summed E-state index contributed by atoms with van der Waals surface area (Å²) in [5.41, 5.74) is 7.22. The first-order valence-electron chi connectivity index (χ1n) is 11.7. The summed E-state index contributed by atoms with van der Waals surface area (Å²) >= 11 is 0. The highest BCUT2D eigenvalue weighted by Gasteiger charge is 2.39. The number of nitrogens with one attached hydrogen (secondary N) is 1. The van der Waals surface area contributed by atoms with Gasteiger partial charge in [0.15, 0.2) is 0 Å². The van der Waals surface area contributed by atoms with E-state index in [1.807, 2.05) is 12.1 Å². The molecule has 6 heteroatoms. The minimum atomic E-state index is 0.603. The van der Waals surface area contributed by atoms with Crippen molar-refractivity contribution in [3.05, 3.63) is 47.7 Å². The van der Waals surface area contributed by atoms with Crippen LogP contribution in [0.5, 0.6) is 5.88 Å². The zero-order valence-corrected chi connectivity index (χ0v) is 18.8. The van der Waals surface area contributed by atoms with Crippen molar-refractivity contribution in [2.45, 2.75) is 32.2 Å². The molecule has 32 heavy (non-hydrogen) atoms. The fraction of sp³-hybridized carbons (Fsp3) is 0.462. The molecule has 0 saturated carbocycles. The van der Waals surface area contributed by atoms with E-state index in [0.29, 0.717) is 11.8 Å². The van der Waals surface area contributed by atoms with Crippen molar-refractivity contribution in [1.82, 2.24) is 20.1 Å². The molecule has 2 aliphatic heterocycles. The third kappa shape index (κ3) is 3.42. The number of fused-ring (bicyclic) bond motifs is 2. The maximum absolute atomic E-state index is 5.57. The van der Waals surface area contributed by atoms with Crippen LogP contribution in [-0.4, -0.2) is 59.5 Å². The molecule has 1 N–H and O–H groups in total. The maximum atomic E-state index is 5.57. The van der Waals surface area contributed by atoms with Gasteiger partial charge < -0.3 is 9.47 Å². The quantitative estimate of drug-likeness (QED) is 0.662.